The predicted octanol–water partition coefficient (Wildman–Crippen LogP) is 2.49. The number of hydrogen-bond donors (Lipinski definition) is 0. The number of hydrogen-bond acceptors (Lipinski definition) is 2. The Morgan fingerprint density at radius 1 is 1.33 bits per heavy atom. The standard InChI is InChI=1S/C11H21N2.C2N3/c1-3-4-5-6-7-8-13-10-9-12(2)11-13;3-1-5-2-4/h9-11H,3-8H2,1-2H3;/q+1;-1. The van der Waals surface area contributed by atoms with Gasteiger partial charge in [0, 0.05) is 0 Å². The van der Waals surface area contributed by atoms with Crippen molar-refractivity contribution in [1.82, 2.24) is 4.57 Å². The topological polar surface area (TPSA) is 67.3 Å². The maximum absolute atomic E-state index is 7.43. The molecule has 5 nitrogen and oxygen atoms in total. The highest BCUT2D eigenvalue weighted by molar-refractivity contribution is 5.46. The number of aryl methyl sites for hydroxylation is 2. The van der Waals surface area contributed by atoms with Gasteiger partial charge in [0.25, 0.3) is 0 Å². The van der Waals surface area contributed by atoms with Crippen LogP contribution in [0.5, 0.6) is 0 Å². The Morgan fingerprint density at radius 2 is 2.06 bits per heavy atom. The van der Waals surface area contributed by atoms with Crippen molar-refractivity contribution in [2.75, 3.05) is 0 Å². The average molecular weight is 247 g/mol. The molecule has 0 aliphatic carbocycles. The summed E-state index contributed by atoms with van der Waals surface area (Å²) in [7, 11) is 2.06. The number of aromatic nitrogens is 2. The molecule has 0 aliphatic rings. The zero-order valence-corrected chi connectivity index (χ0v) is 11.2. The van der Waals surface area contributed by atoms with Crippen LogP contribution in [0.4, 0.5) is 0 Å². The van der Waals surface area contributed by atoms with Crippen molar-refractivity contribution in [2.45, 2.75) is 45.6 Å². The molecular formula is C13H21N5. The number of nitriles is 1. The Balaban J connectivity index is 0.000000494. The van der Waals surface area contributed by atoms with Crippen LogP contribution >= 0.6 is 0 Å². The fourth-order valence-electron chi connectivity index (χ4n) is 1.55. The Bertz CT molecular complexity index is 396. The van der Waals surface area contributed by atoms with Gasteiger partial charge in [0.1, 0.15) is 12.4 Å². The molecule has 0 atom stereocenters. The fraction of sp³-hybridized carbons (Fsp3) is 0.615. The van der Waals surface area contributed by atoms with E-state index in [0.29, 0.717) is 0 Å². The quantitative estimate of drug-likeness (QED) is 0.329. The van der Waals surface area contributed by atoms with E-state index in [1.165, 1.54) is 50.9 Å². The van der Waals surface area contributed by atoms with Crippen molar-refractivity contribution in [1.29, 1.82) is 5.26 Å². The number of rotatable bonds is 6. The molecule has 0 radical (unpaired) electrons. The predicted molar refractivity (Wildman–Crippen MR) is 70.8 cm³/mol. The lowest BCUT2D eigenvalue weighted by Crippen LogP contribution is -2.23. The van der Waals surface area contributed by atoms with E-state index in [2.05, 4.69) is 46.8 Å². The van der Waals surface area contributed by atoms with E-state index in [-0.39, 0.29) is 0 Å². The van der Waals surface area contributed by atoms with Gasteiger partial charge in [0.05, 0.1) is 19.8 Å². The van der Waals surface area contributed by atoms with Gasteiger partial charge < -0.3 is 10.4 Å². The van der Waals surface area contributed by atoms with Gasteiger partial charge in [0.2, 0.25) is 6.33 Å². The van der Waals surface area contributed by atoms with Gasteiger partial charge in [0.15, 0.2) is 0 Å². The second-order valence-corrected chi connectivity index (χ2v) is 4.04. The van der Waals surface area contributed by atoms with E-state index in [4.69, 9.17) is 10.7 Å². The SMILES string of the molecule is CCCCCCCn1cc[n+](C)c1.N#CN=C=[N-]. The Hall–Kier alpha value is -1.92. The molecule has 0 saturated heterocycles. The summed E-state index contributed by atoms with van der Waals surface area (Å²) in [5, 5.41) is 14.9. The maximum atomic E-state index is 7.43. The van der Waals surface area contributed by atoms with Crippen LogP contribution in [-0.2, 0) is 13.6 Å². The van der Waals surface area contributed by atoms with E-state index >= 15 is 0 Å². The molecule has 1 heterocycles. The minimum Gasteiger partial charge on any atom is -0.422 e. The van der Waals surface area contributed by atoms with Crippen LogP contribution in [0, 0.1) is 11.5 Å². The minimum atomic E-state index is 1.17. The molecule has 0 aromatic carbocycles. The molecule has 0 aliphatic heterocycles. The highest BCUT2D eigenvalue weighted by Crippen LogP contribution is 2.03. The fourth-order valence-corrected chi connectivity index (χ4v) is 1.55. The smallest absolute Gasteiger partial charge is 0.243 e. The van der Waals surface area contributed by atoms with Crippen molar-refractivity contribution in [2.24, 2.45) is 12.0 Å². The zero-order chi connectivity index (χ0) is 13.6. The van der Waals surface area contributed by atoms with Crippen molar-refractivity contribution in [3.05, 3.63) is 24.1 Å². The van der Waals surface area contributed by atoms with E-state index < -0.39 is 0 Å². The molecule has 0 unspecified atom stereocenters. The van der Waals surface area contributed by atoms with Crippen LogP contribution in [-0.4, -0.2) is 10.6 Å². The highest BCUT2D eigenvalue weighted by Gasteiger charge is 1.98. The lowest BCUT2D eigenvalue weighted by Gasteiger charge is -1.97. The molecular weight excluding hydrogens is 226 g/mol. The summed E-state index contributed by atoms with van der Waals surface area (Å²) in [5.74, 6) is 0. The molecule has 0 fully saturated rings. The average Bonchev–Trinajstić information content (AvgIpc) is 2.77. The van der Waals surface area contributed by atoms with Crippen LogP contribution in [0.2, 0.25) is 0 Å². The molecule has 98 valence electrons. The third-order valence-corrected chi connectivity index (χ3v) is 2.44. The molecule has 0 bridgehead atoms. The van der Waals surface area contributed by atoms with Gasteiger partial charge in [-0.25, -0.2) is 9.13 Å². The van der Waals surface area contributed by atoms with Gasteiger partial charge in [-0.1, -0.05) is 26.2 Å². The van der Waals surface area contributed by atoms with Crippen molar-refractivity contribution >= 4 is 6.01 Å². The Labute approximate surface area is 109 Å². The van der Waals surface area contributed by atoms with E-state index in [9.17, 15) is 0 Å². The van der Waals surface area contributed by atoms with Gasteiger partial charge >= 0.3 is 0 Å². The van der Waals surface area contributed by atoms with Gasteiger partial charge in [-0.05, 0) is 12.8 Å². The van der Waals surface area contributed by atoms with Gasteiger partial charge in [-0.15, -0.1) is 6.01 Å². The van der Waals surface area contributed by atoms with Crippen LogP contribution in [0.15, 0.2) is 23.7 Å². The molecule has 5 heteroatoms. The summed E-state index contributed by atoms with van der Waals surface area (Å²) in [5.41, 5.74) is 0. The number of aliphatic imine (C=N–C) groups is 1. The van der Waals surface area contributed by atoms with E-state index in [1.54, 1.807) is 0 Å². The summed E-state index contributed by atoms with van der Waals surface area (Å²) in [4.78, 5) is 2.58. The number of nitrogens with zero attached hydrogens (tertiary/aromatic N) is 5. The lowest BCUT2D eigenvalue weighted by molar-refractivity contribution is -0.671. The molecule has 0 N–H and O–H groups in total. The third-order valence-electron chi connectivity index (χ3n) is 2.44. The van der Waals surface area contributed by atoms with Gasteiger partial charge in [-0.3, -0.25) is 0 Å². The zero-order valence-electron chi connectivity index (χ0n) is 11.2. The van der Waals surface area contributed by atoms with E-state index in [1.807, 2.05) is 0 Å². The monoisotopic (exact) mass is 247 g/mol. The minimum absolute atomic E-state index is 1.17. The normalized spacial score (nSPS) is 8.72. The van der Waals surface area contributed by atoms with Crippen molar-refractivity contribution < 1.29 is 4.57 Å². The van der Waals surface area contributed by atoms with Crippen LogP contribution in [0.25, 0.3) is 5.41 Å². The highest BCUT2D eigenvalue weighted by atomic mass is 15.1. The van der Waals surface area contributed by atoms with Crippen LogP contribution in [0.3, 0.4) is 0 Å². The molecule has 0 saturated carbocycles. The third kappa shape index (κ3) is 9.32. The number of unbranched alkanes of at least 4 members (excludes halogenated alkanes) is 4. The Kier molecular flexibility index (Phi) is 10.3. The van der Waals surface area contributed by atoms with Crippen molar-refractivity contribution in [3.63, 3.8) is 0 Å². The molecule has 18 heavy (non-hydrogen) atoms. The molecule has 1 aromatic heterocycles. The van der Waals surface area contributed by atoms with E-state index in [0.717, 1.165) is 0 Å². The van der Waals surface area contributed by atoms with Crippen molar-refractivity contribution in [3.8, 4) is 6.19 Å². The summed E-state index contributed by atoms with van der Waals surface area (Å²) in [6, 6.07) is 1.28. The largest absolute Gasteiger partial charge is 0.422 e. The molecule has 0 spiro atoms. The first-order valence-electron chi connectivity index (χ1n) is 6.23. The number of imidazole rings is 1. The molecule has 0 amide bonds. The van der Waals surface area contributed by atoms with Crippen LogP contribution < -0.4 is 4.57 Å². The van der Waals surface area contributed by atoms with Crippen LogP contribution in [0.1, 0.15) is 39.0 Å². The lowest BCUT2D eigenvalue weighted by atomic mass is 10.1. The summed E-state index contributed by atoms with van der Waals surface area (Å²) in [6.07, 6.45) is 14.4. The first-order valence-corrected chi connectivity index (χ1v) is 6.23. The second kappa shape index (κ2) is 11.6. The first-order chi connectivity index (χ1) is 8.74. The second-order valence-electron chi connectivity index (χ2n) is 4.04. The summed E-state index contributed by atoms with van der Waals surface area (Å²) >= 11 is 0. The van der Waals surface area contributed by atoms with Gasteiger partial charge in [-0.2, -0.15) is 5.26 Å². The Morgan fingerprint density at radius 3 is 2.50 bits per heavy atom. The summed E-state index contributed by atoms with van der Waals surface area (Å²) < 4.78 is 4.35. The summed E-state index contributed by atoms with van der Waals surface area (Å²) in [6.45, 7) is 3.43. The molecule has 1 rings (SSSR count). The molecule has 1 aromatic rings. The first kappa shape index (κ1) is 16.1. The maximum Gasteiger partial charge on any atom is 0.243 e.